The zero-order valence-electron chi connectivity index (χ0n) is 79.8. The summed E-state index contributed by atoms with van der Waals surface area (Å²) in [6.07, 6.45) is 10.2. The second-order valence-electron chi connectivity index (χ2n) is 36.2. The number of benzene rings is 12. The topological polar surface area (TPSA) is 99.0 Å². The van der Waals surface area contributed by atoms with E-state index < -0.39 is 23.3 Å². The van der Waals surface area contributed by atoms with Crippen molar-refractivity contribution in [3.8, 4) is 40.0 Å². The summed E-state index contributed by atoms with van der Waals surface area (Å²) >= 11 is 24.4. The highest BCUT2D eigenvalue weighted by molar-refractivity contribution is 7.99. The Morgan fingerprint density at radius 2 is 0.592 bits per heavy atom. The lowest BCUT2D eigenvalue weighted by molar-refractivity contribution is 0.411. The van der Waals surface area contributed by atoms with Gasteiger partial charge in [-0.15, -0.1) is 0 Å². The highest BCUT2D eigenvalue weighted by Crippen LogP contribution is 2.50. The number of aromatic nitrogens is 8. The number of methoxy groups -OCH3 is 3. The molecule has 4 aliphatic rings. The number of halogens is 13. The van der Waals surface area contributed by atoms with Crippen molar-refractivity contribution >= 4 is 81.9 Å². The van der Waals surface area contributed by atoms with Crippen molar-refractivity contribution in [2.75, 3.05) is 21.3 Å². The second-order valence-corrected chi connectivity index (χ2v) is 41.2. The molecule has 5 atom stereocenters. The number of thioether (sulfide) groups is 4. The fraction of sp³-hybridized carbons (Fsp3) is 0.263. The number of hydrogen-bond donors (Lipinski definition) is 0. The van der Waals surface area contributed by atoms with Crippen molar-refractivity contribution in [1.82, 2.24) is 38.2 Å². The Bertz CT molecular complexity index is 7000. The number of imidazole rings is 4. The molecule has 0 saturated carbocycles. The predicted octanol–water partition coefficient (Wildman–Crippen LogP) is 32.0. The maximum atomic E-state index is 14.6. The number of aryl methyl sites for hydroxylation is 9. The van der Waals surface area contributed by atoms with Gasteiger partial charge in [0.15, 0.2) is 20.6 Å². The highest BCUT2D eigenvalue weighted by atomic mass is 35.5. The van der Waals surface area contributed by atoms with E-state index in [1.165, 1.54) is 143 Å². The SMILES string of the molecule is COc1ccc(C2CCCc3nc(SCc4c(F)cc(C)cc4F)n(-c4ccc(F)cc4)c32)cc1C.COc1ccc(C2CCCc3nc(SCc4c(F)cc(C)cc4F)n(-c4ccc(F)cc4)c32)cc1C.COc1ccc(C2CCCc3nc(SCc4c(F)cccc4Cl)n(-c4ccc(F)cc4)c32)cc1C.Cc1cc(C2CC(C)Cc3nc(SCc4c(F)cccc4Cl)n(-c4ccc(F)cc4)c32)ccc1Cl. The van der Waals surface area contributed by atoms with Crippen molar-refractivity contribution in [2.24, 2.45) is 5.92 Å². The third-order valence-electron chi connectivity index (χ3n) is 26.5. The molecule has 16 aromatic rings. The Balaban J connectivity index is 0.000000130. The minimum atomic E-state index is -0.559. The summed E-state index contributed by atoms with van der Waals surface area (Å²) in [6.45, 7) is 13.7. The third-order valence-corrected chi connectivity index (χ3v) is 31.5. The monoisotopic (exact) mass is 2050 g/mol. The number of nitrogens with zero attached hydrogens (tertiary/aromatic N) is 8. The van der Waals surface area contributed by atoms with Crippen molar-refractivity contribution < 1.29 is 58.1 Å². The van der Waals surface area contributed by atoms with E-state index in [1.807, 2.05) is 61.1 Å². The van der Waals surface area contributed by atoms with Crippen LogP contribution in [0, 0.1) is 106 Å². The molecule has 0 spiro atoms. The first kappa shape index (κ1) is 102. The first-order chi connectivity index (χ1) is 68.5. The molecule has 4 aliphatic carbocycles. The van der Waals surface area contributed by atoms with Crippen LogP contribution in [0.1, 0.15) is 199 Å². The van der Waals surface area contributed by atoms with Gasteiger partial charge in [0.2, 0.25) is 0 Å². The van der Waals surface area contributed by atoms with Crippen molar-refractivity contribution in [3.05, 3.63) is 427 Å². The fourth-order valence-electron chi connectivity index (χ4n) is 19.6. The number of rotatable bonds is 23. The van der Waals surface area contributed by atoms with Crippen molar-refractivity contribution in [1.29, 1.82) is 0 Å². The smallest absolute Gasteiger partial charge is 0.173 e. The predicted molar refractivity (Wildman–Crippen MR) is 550 cm³/mol. The maximum Gasteiger partial charge on any atom is 0.173 e. The van der Waals surface area contributed by atoms with Crippen LogP contribution in [0.5, 0.6) is 17.2 Å². The van der Waals surface area contributed by atoms with Crippen LogP contribution in [0.2, 0.25) is 15.1 Å². The molecule has 0 bridgehead atoms. The van der Waals surface area contributed by atoms with Crippen LogP contribution in [-0.4, -0.2) is 59.5 Å². The van der Waals surface area contributed by atoms with E-state index in [0.717, 1.165) is 205 Å². The summed E-state index contributed by atoms with van der Waals surface area (Å²) in [6, 6.07) is 65.1. The van der Waals surface area contributed by atoms with E-state index in [0.29, 0.717) is 60.0 Å². The molecule has 5 unspecified atom stereocenters. The average molecular weight is 2060 g/mol. The van der Waals surface area contributed by atoms with E-state index >= 15 is 0 Å². The molecule has 11 nitrogen and oxygen atoms in total. The molecule has 0 aliphatic heterocycles. The van der Waals surface area contributed by atoms with Crippen LogP contribution in [-0.2, 0) is 48.7 Å². The Labute approximate surface area is 852 Å². The van der Waals surface area contributed by atoms with Crippen LogP contribution < -0.4 is 14.2 Å². The molecule has 0 saturated heterocycles. The summed E-state index contributed by atoms with van der Waals surface area (Å²) in [4.78, 5) is 19.9. The van der Waals surface area contributed by atoms with Crippen molar-refractivity contribution in [3.63, 3.8) is 0 Å². The van der Waals surface area contributed by atoms with Gasteiger partial charge in [-0.3, -0.25) is 18.3 Å². The summed E-state index contributed by atoms with van der Waals surface area (Å²) in [5, 5.41) is 4.30. The average Bonchev–Trinajstić information content (AvgIpc) is 1.61. The van der Waals surface area contributed by atoms with Gasteiger partial charge in [-0.05, 0) is 344 Å². The minimum absolute atomic E-state index is 0.0274. The Morgan fingerprint density at radius 1 is 0.310 bits per heavy atom. The molecule has 732 valence electrons. The zero-order valence-corrected chi connectivity index (χ0v) is 85.3. The molecule has 0 amide bonds. The van der Waals surface area contributed by atoms with E-state index in [1.54, 1.807) is 108 Å². The third kappa shape index (κ3) is 22.5. The fourth-order valence-corrected chi connectivity index (χ4v) is 24.6. The van der Waals surface area contributed by atoms with Gasteiger partial charge in [0, 0.05) is 107 Å². The largest absolute Gasteiger partial charge is 0.496 e. The first-order valence-electron chi connectivity index (χ1n) is 46.9. The van der Waals surface area contributed by atoms with Crippen LogP contribution >= 0.6 is 81.9 Å². The van der Waals surface area contributed by atoms with E-state index in [9.17, 15) is 43.9 Å². The molecule has 20 rings (SSSR count). The van der Waals surface area contributed by atoms with Crippen LogP contribution in [0.15, 0.2) is 251 Å². The highest BCUT2D eigenvalue weighted by Gasteiger charge is 2.38. The van der Waals surface area contributed by atoms with E-state index in [2.05, 4.69) is 64.6 Å². The summed E-state index contributed by atoms with van der Waals surface area (Å²) in [7, 11) is 5.00. The molecule has 4 aromatic heterocycles. The molecule has 4 heterocycles. The zero-order chi connectivity index (χ0) is 100. The molecule has 0 radical (unpaired) electrons. The molecule has 0 fully saturated rings. The summed E-state index contributed by atoms with van der Waals surface area (Å²) in [5.41, 5.74) is 22.4. The molecule has 12 aromatic carbocycles. The Hall–Kier alpha value is -11.6. The second kappa shape index (κ2) is 45.2. The van der Waals surface area contributed by atoms with Gasteiger partial charge in [0.05, 0.1) is 66.9 Å². The van der Waals surface area contributed by atoms with Gasteiger partial charge in [-0.2, -0.15) is 0 Å². The van der Waals surface area contributed by atoms with Crippen LogP contribution in [0.3, 0.4) is 0 Å². The number of hydrogen-bond acceptors (Lipinski definition) is 11. The van der Waals surface area contributed by atoms with E-state index in [4.69, 9.17) is 68.9 Å². The normalized spacial score (nSPS) is 15.7. The maximum absolute atomic E-state index is 14.6. The van der Waals surface area contributed by atoms with Gasteiger partial charge >= 0.3 is 0 Å². The quantitative estimate of drug-likeness (QED) is 0.0452. The molecule has 142 heavy (non-hydrogen) atoms. The van der Waals surface area contributed by atoms with Crippen molar-refractivity contribution in [2.45, 2.75) is 186 Å². The molecule has 28 heteroatoms. The lowest BCUT2D eigenvalue weighted by atomic mass is 9.79. The minimum Gasteiger partial charge on any atom is -0.496 e. The molecule has 0 N–H and O–H groups in total. The van der Waals surface area contributed by atoms with Gasteiger partial charge in [0.1, 0.15) is 75.4 Å². The Morgan fingerprint density at radius 3 is 0.887 bits per heavy atom. The first-order valence-corrected chi connectivity index (χ1v) is 52.0. The standard InChI is InChI=1S/2C29H27F3N2OS.C28H24Cl2F2N2S.C28H25ClF2N2OS/c2*1-17-13-24(31)23(25(32)14-17)16-36-29-33-26-6-4-5-22(19-7-12-27(35-3)18(2)15-19)28(26)34(29)21-10-8-20(30)9-11-21;1-16-12-21(18-6-11-23(29)17(2)14-18)27-26(13-16)33-28(34(27)20-9-7-19(31)8-10-20)35-15-22-24(30)4-3-5-25(22)32;1-17-15-18(9-14-26(17)34-2)21-5-3-8-25-27(21)33(20-12-10-19(30)11-13-20)28(32-25)35-16-22-23(29)6-4-7-24(22)31/h2*7-15,22H,4-6,16H2,1-3H3;3-11,14,16,21H,12-13,15H2,1-2H3;4,6-7,9-15,21H,3,5,8,16H2,1-2H3. The van der Waals surface area contributed by atoms with Gasteiger partial charge in [0.25, 0.3) is 0 Å². The summed E-state index contributed by atoms with van der Waals surface area (Å²) in [5.74, 6) is 0.0953. The lowest BCUT2D eigenvalue weighted by Gasteiger charge is -2.29. The van der Waals surface area contributed by atoms with Gasteiger partial charge in [-0.25, -0.2) is 63.8 Å². The molecular formula is C114H103Cl3F10N8O3S4. The number of ether oxygens (including phenoxy) is 3. The van der Waals surface area contributed by atoms with Crippen LogP contribution in [0.25, 0.3) is 22.7 Å². The van der Waals surface area contributed by atoms with Gasteiger partial charge < -0.3 is 14.2 Å². The summed E-state index contributed by atoms with van der Waals surface area (Å²) < 4.78 is 167. The van der Waals surface area contributed by atoms with Crippen LogP contribution in [0.4, 0.5) is 43.9 Å². The lowest BCUT2D eigenvalue weighted by Crippen LogP contribution is -2.20. The van der Waals surface area contributed by atoms with Gasteiger partial charge in [-0.1, -0.05) is 149 Å². The molecular weight excluding hydrogens is 1950 g/mol. The number of fused-ring (bicyclic) bond motifs is 4. The van der Waals surface area contributed by atoms with E-state index in [-0.39, 0.29) is 81.2 Å². The Kier molecular flexibility index (Phi) is 32.4.